The standard InChI is InChI=1S/C13H24N2/c1-11(2)15(12(3)4)13(10-14)8-6-5-7-9-13/h11-12H,5-9H2,1-4H3. The summed E-state index contributed by atoms with van der Waals surface area (Å²) in [6.07, 6.45) is 5.83. The summed E-state index contributed by atoms with van der Waals surface area (Å²) in [5.41, 5.74) is -0.180. The van der Waals surface area contributed by atoms with E-state index in [1.165, 1.54) is 19.3 Å². The first-order valence-electron chi connectivity index (χ1n) is 6.23. The van der Waals surface area contributed by atoms with Crippen LogP contribution >= 0.6 is 0 Å². The lowest BCUT2D eigenvalue weighted by Crippen LogP contribution is -2.55. The first-order valence-corrected chi connectivity index (χ1v) is 6.23. The van der Waals surface area contributed by atoms with Gasteiger partial charge in [0.1, 0.15) is 5.54 Å². The van der Waals surface area contributed by atoms with Gasteiger partial charge in [-0.15, -0.1) is 0 Å². The van der Waals surface area contributed by atoms with Crippen molar-refractivity contribution in [3.63, 3.8) is 0 Å². The van der Waals surface area contributed by atoms with Crippen molar-refractivity contribution < 1.29 is 0 Å². The van der Waals surface area contributed by atoms with Gasteiger partial charge in [-0.1, -0.05) is 19.3 Å². The van der Waals surface area contributed by atoms with Gasteiger partial charge in [0, 0.05) is 12.1 Å². The van der Waals surface area contributed by atoms with Crippen molar-refractivity contribution in [3.05, 3.63) is 0 Å². The predicted molar refractivity (Wildman–Crippen MR) is 63.5 cm³/mol. The Morgan fingerprint density at radius 3 is 1.80 bits per heavy atom. The Bertz CT molecular complexity index is 223. The summed E-state index contributed by atoms with van der Waals surface area (Å²) in [6.45, 7) is 8.81. The van der Waals surface area contributed by atoms with Crippen LogP contribution in [0.25, 0.3) is 0 Å². The minimum Gasteiger partial charge on any atom is -0.281 e. The second-order valence-corrected chi connectivity index (χ2v) is 5.30. The molecule has 0 bridgehead atoms. The fourth-order valence-corrected chi connectivity index (χ4v) is 3.15. The Balaban J connectivity index is 2.91. The van der Waals surface area contributed by atoms with Crippen LogP contribution in [0.5, 0.6) is 0 Å². The minimum atomic E-state index is -0.180. The molecule has 86 valence electrons. The average molecular weight is 208 g/mol. The Morgan fingerprint density at radius 2 is 1.47 bits per heavy atom. The van der Waals surface area contributed by atoms with Crippen LogP contribution in [0.2, 0.25) is 0 Å². The molecule has 0 aromatic carbocycles. The second-order valence-electron chi connectivity index (χ2n) is 5.30. The zero-order chi connectivity index (χ0) is 11.5. The van der Waals surface area contributed by atoms with Gasteiger partial charge in [-0.3, -0.25) is 4.90 Å². The van der Waals surface area contributed by atoms with Gasteiger partial charge in [0.25, 0.3) is 0 Å². The van der Waals surface area contributed by atoms with E-state index in [0.29, 0.717) is 12.1 Å². The van der Waals surface area contributed by atoms with E-state index in [-0.39, 0.29) is 5.54 Å². The molecule has 1 saturated carbocycles. The molecule has 1 aliphatic rings. The van der Waals surface area contributed by atoms with Crippen molar-refractivity contribution >= 4 is 0 Å². The van der Waals surface area contributed by atoms with Crippen molar-refractivity contribution in [2.75, 3.05) is 0 Å². The molecular weight excluding hydrogens is 184 g/mol. The lowest BCUT2D eigenvalue weighted by molar-refractivity contribution is 0.0374. The van der Waals surface area contributed by atoms with E-state index in [0.717, 1.165) is 12.8 Å². The van der Waals surface area contributed by atoms with Crippen LogP contribution in [0.3, 0.4) is 0 Å². The molecule has 2 nitrogen and oxygen atoms in total. The maximum Gasteiger partial charge on any atom is 0.109 e. The fourth-order valence-electron chi connectivity index (χ4n) is 3.15. The molecule has 0 unspecified atom stereocenters. The summed E-state index contributed by atoms with van der Waals surface area (Å²) in [5.74, 6) is 0. The highest BCUT2D eigenvalue weighted by Crippen LogP contribution is 2.35. The third-order valence-electron chi connectivity index (χ3n) is 3.50. The van der Waals surface area contributed by atoms with E-state index in [4.69, 9.17) is 0 Å². The first-order chi connectivity index (χ1) is 7.03. The fraction of sp³-hybridized carbons (Fsp3) is 0.923. The van der Waals surface area contributed by atoms with Crippen LogP contribution < -0.4 is 0 Å². The van der Waals surface area contributed by atoms with Gasteiger partial charge in [-0.05, 0) is 40.5 Å². The zero-order valence-electron chi connectivity index (χ0n) is 10.6. The summed E-state index contributed by atoms with van der Waals surface area (Å²) in [4.78, 5) is 2.41. The molecule has 0 saturated heterocycles. The average Bonchev–Trinajstić information content (AvgIpc) is 2.18. The highest BCUT2D eigenvalue weighted by atomic mass is 15.2. The molecule has 0 radical (unpaired) electrons. The van der Waals surface area contributed by atoms with Crippen molar-refractivity contribution in [2.45, 2.75) is 77.4 Å². The monoisotopic (exact) mass is 208 g/mol. The largest absolute Gasteiger partial charge is 0.281 e. The Labute approximate surface area is 94.3 Å². The van der Waals surface area contributed by atoms with Crippen LogP contribution in [0.1, 0.15) is 59.8 Å². The predicted octanol–water partition coefficient (Wildman–Crippen LogP) is 3.33. The number of nitrogens with zero attached hydrogens (tertiary/aromatic N) is 2. The Hall–Kier alpha value is -0.550. The van der Waals surface area contributed by atoms with Gasteiger partial charge in [0.2, 0.25) is 0 Å². The van der Waals surface area contributed by atoms with Crippen molar-refractivity contribution in [1.29, 1.82) is 5.26 Å². The first kappa shape index (κ1) is 12.5. The molecular formula is C13H24N2. The number of hydrogen-bond acceptors (Lipinski definition) is 2. The van der Waals surface area contributed by atoms with E-state index >= 15 is 0 Å². The Morgan fingerprint density at radius 1 is 1.00 bits per heavy atom. The molecule has 1 aliphatic carbocycles. The van der Waals surface area contributed by atoms with Gasteiger partial charge in [0.05, 0.1) is 6.07 Å². The second kappa shape index (κ2) is 4.99. The van der Waals surface area contributed by atoms with Crippen LogP contribution in [0.15, 0.2) is 0 Å². The lowest BCUT2D eigenvalue weighted by atomic mass is 9.80. The molecule has 0 aromatic heterocycles. The lowest BCUT2D eigenvalue weighted by Gasteiger charge is -2.46. The SMILES string of the molecule is CC(C)N(C(C)C)C1(C#N)CCCCC1. The van der Waals surface area contributed by atoms with Gasteiger partial charge >= 0.3 is 0 Å². The summed E-state index contributed by atoms with van der Waals surface area (Å²) in [7, 11) is 0. The summed E-state index contributed by atoms with van der Waals surface area (Å²) < 4.78 is 0. The molecule has 15 heavy (non-hydrogen) atoms. The van der Waals surface area contributed by atoms with Crippen LogP contribution in [0.4, 0.5) is 0 Å². The summed E-state index contributed by atoms with van der Waals surface area (Å²) in [5, 5.41) is 9.52. The third kappa shape index (κ3) is 2.52. The molecule has 0 amide bonds. The maximum atomic E-state index is 9.52. The molecule has 1 rings (SSSR count). The maximum absolute atomic E-state index is 9.52. The van der Waals surface area contributed by atoms with Crippen molar-refractivity contribution in [1.82, 2.24) is 4.90 Å². The summed E-state index contributed by atoms with van der Waals surface area (Å²) >= 11 is 0. The molecule has 0 heterocycles. The molecule has 0 aliphatic heterocycles. The molecule has 0 atom stereocenters. The highest BCUT2D eigenvalue weighted by molar-refractivity contribution is 5.11. The van der Waals surface area contributed by atoms with E-state index in [9.17, 15) is 5.26 Å². The Kier molecular flexibility index (Phi) is 4.16. The summed E-state index contributed by atoms with van der Waals surface area (Å²) in [6, 6.07) is 3.53. The van der Waals surface area contributed by atoms with Crippen molar-refractivity contribution in [2.24, 2.45) is 0 Å². The van der Waals surface area contributed by atoms with Crippen LogP contribution in [-0.2, 0) is 0 Å². The van der Waals surface area contributed by atoms with Gasteiger partial charge in [-0.25, -0.2) is 0 Å². The van der Waals surface area contributed by atoms with Crippen molar-refractivity contribution in [3.8, 4) is 6.07 Å². The number of hydrogen-bond donors (Lipinski definition) is 0. The highest BCUT2D eigenvalue weighted by Gasteiger charge is 2.40. The van der Waals surface area contributed by atoms with Gasteiger partial charge in [-0.2, -0.15) is 5.26 Å². The number of rotatable bonds is 3. The van der Waals surface area contributed by atoms with E-state index in [2.05, 4.69) is 38.7 Å². The normalized spacial score (nSPS) is 20.9. The van der Waals surface area contributed by atoms with Gasteiger partial charge in [0.15, 0.2) is 0 Å². The zero-order valence-corrected chi connectivity index (χ0v) is 10.6. The topological polar surface area (TPSA) is 27.0 Å². The van der Waals surface area contributed by atoms with Crippen LogP contribution in [-0.4, -0.2) is 22.5 Å². The third-order valence-corrected chi connectivity index (χ3v) is 3.50. The molecule has 0 spiro atoms. The molecule has 2 heteroatoms. The van der Waals surface area contributed by atoms with Gasteiger partial charge < -0.3 is 0 Å². The quantitative estimate of drug-likeness (QED) is 0.711. The number of nitriles is 1. The molecule has 1 fully saturated rings. The van der Waals surface area contributed by atoms with E-state index in [1.807, 2.05) is 0 Å². The minimum absolute atomic E-state index is 0.180. The van der Waals surface area contributed by atoms with E-state index < -0.39 is 0 Å². The van der Waals surface area contributed by atoms with E-state index in [1.54, 1.807) is 0 Å². The smallest absolute Gasteiger partial charge is 0.109 e. The molecule has 0 N–H and O–H groups in total. The van der Waals surface area contributed by atoms with Crippen LogP contribution in [0, 0.1) is 11.3 Å². The molecule has 0 aromatic rings.